The van der Waals surface area contributed by atoms with Crippen molar-refractivity contribution in [1.29, 1.82) is 0 Å². The number of hydrogen-bond acceptors (Lipinski definition) is 3. The largest absolute Gasteiger partial charge is 3.00 e. The minimum atomic E-state index is 0. The number of hydrogen-bond donors (Lipinski definition) is 0. The van der Waals surface area contributed by atoms with Gasteiger partial charge in [-0.15, -0.1) is 77.9 Å². The van der Waals surface area contributed by atoms with Crippen molar-refractivity contribution in [3.05, 3.63) is 193 Å². The van der Waals surface area contributed by atoms with Crippen LogP contribution in [0, 0.1) is 18.2 Å². The van der Waals surface area contributed by atoms with Gasteiger partial charge in [0.15, 0.2) is 0 Å². The molecule has 0 aliphatic heterocycles. The summed E-state index contributed by atoms with van der Waals surface area (Å²) in [7, 11) is 0. The quantitative estimate of drug-likeness (QED) is 0.138. The molecule has 7 rings (SSSR count). The van der Waals surface area contributed by atoms with E-state index in [2.05, 4.69) is 87.9 Å². The Morgan fingerprint density at radius 2 is 1.20 bits per heavy atom. The molecule has 0 saturated heterocycles. The normalized spacial score (nSPS) is 10.3. The smallest absolute Gasteiger partial charge is 0.305 e. The summed E-state index contributed by atoms with van der Waals surface area (Å²) in [5, 5.41) is 4.26. The van der Waals surface area contributed by atoms with Crippen molar-refractivity contribution >= 4 is 0 Å². The maximum atomic E-state index is 4.62. The first kappa shape index (κ1) is 32.4. The van der Waals surface area contributed by atoms with Crippen LogP contribution < -0.4 is 0 Å². The number of benzene rings is 4. The summed E-state index contributed by atoms with van der Waals surface area (Å²) < 4.78 is 1.83. The van der Waals surface area contributed by atoms with Crippen LogP contribution in [0.3, 0.4) is 0 Å². The summed E-state index contributed by atoms with van der Waals surface area (Å²) in [4.78, 5) is 8.84. The standard InChI is InChI=1S/C30H25N3.C11H8N.Ir/c1-2-8-28(9-3-1)30-19-16-27(23-31-30)13-12-26-7-4-6-25(22-26)11-10-24-14-17-29(18-15-24)33-21-5-20-32-33;1-2-6-10(7-3-1)11-8-4-5-9-12-11;/h1-8,14-17,19-23H,10-13H2;1-6,8-9H;/q-2;-1;+3. The minimum absolute atomic E-state index is 0. The zero-order valence-corrected chi connectivity index (χ0v) is 27.8. The first-order valence-corrected chi connectivity index (χ1v) is 15.2. The van der Waals surface area contributed by atoms with Crippen LogP contribution >= 0.6 is 0 Å². The third-order valence-corrected chi connectivity index (χ3v) is 7.47. The SMILES string of the molecule is [Ir+3].[c-]1ccccc1-c1ccc(CCc2cccc(CCc3c[c-]c(-n4cccn4)cc3)c2)cn1.[c-]1ccccc1-c1ccccn1. The van der Waals surface area contributed by atoms with Crippen LogP contribution in [-0.2, 0) is 45.8 Å². The zero-order valence-electron chi connectivity index (χ0n) is 25.4. The van der Waals surface area contributed by atoms with E-state index in [0.717, 1.165) is 53.9 Å². The van der Waals surface area contributed by atoms with Gasteiger partial charge < -0.3 is 9.97 Å². The van der Waals surface area contributed by atoms with Crippen LogP contribution in [0.1, 0.15) is 22.3 Å². The third kappa shape index (κ3) is 9.28. The molecule has 3 aromatic heterocycles. The molecule has 0 amide bonds. The molecular weight excluding hydrogens is 741 g/mol. The van der Waals surface area contributed by atoms with Crippen LogP contribution in [0.25, 0.3) is 28.2 Å². The van der Waals surface area contributed by atoms with Crippen LogP contribution in [0.15, 0.2) is 152 Å². The summed E-state index contributed by atoms with van der Waals surface area (Å²) >= 11 is 0. The molecule has 0 N–H and O–H groups in total. The Bertz CT molecular complexity index is 1820. The summed E-state index contributed by atoms with van der Waals surface area (Å²) in [6.45, 7) is 0. The Balaban J connectivity index is 0.000000269. The number of aromatic nitrogens is 4. The molecule has 0 aliphatic rings. The first-order valence-electron chi connectivity index (χ1n) is 15.2. The Labute approximate surface area is 285 Å². The van der Waals surface area contributed by atoms with E-state index in [4.69, 9.17) is 0 Å². The van der Waals surface area contributed by atoms with Gasteiger partial charge in [-0.25, -0.2) is 0 Å². The predicted molar refractivity (Wildman–Crippen MR) is 181 cm³/mol. The molecule has 3 heterocycles. The van der Waals surface area contributed by atoms with Gasteiger partial charge in [-0.2, -0.15) is 28.9 Å². The van der Waals surface area contributed by atoms with Gasteiger partial charge in [-0.05, 0) is 65.2 Å². The molecule has 4 nitrogen and oxygen atoms in total. The van der Waals surface area contributed by atoms with E-state index in [1.165, 1.54) is 22.3 Å². The fraction of sp³-hybridized carbons (Fsp3) is 0.0976. The molecular formula is C41H33IrN4. The average Bonchev–Trinajstić information content (AvgIpc) is 3.67. The van der Waals surface area contributed by atoms with Crippen molar-refractivity contribution in [2.75, 3.05) is 0 Å². The van der Waals surface area contributed by atoms with Gasteiger partial charge in [-0.1, -0.05) is 55.0 Å². The zero-order chi connectivity index (χ0) is 30.5. The minimum Gasteiger partial charge on any atom is -0.305 e. The van der Waals surface area contributed by atoms with E-state index < -0.39 is 0 Å². The molecule has 0 bridgehead atoms. The number of rotatable bonds is 9. The van der Waals surface area contributed by atoms with Crippen LogP contribution in [0.5, 0.6) is 0 Å². The van der Waals surface area contributed by atoms with Crippen molar-refractivity contribution < 1.29 is 20.1 Å². The third-order valence-electron chi connectivity index (χ3n) is 7.47. The molecule has 0 radical (unpaired) electrons. The van der Waals surface area contributed by atoms with Crippen molar-refractivity contribution in [2.24, 2.45) is 0 Å². The van der Waals surface area contributed by atoms with Crippen molar-refractivity contribution in [1.82, 2.24) is 19.7 Å². The molecule has 0 aliphatic carbocycles. The first-order chi connectivity index (χ1) is 22.3. The van der Waals surface area contributed by atoms with Gasteiger partial charge in [0, 0.05) is 24.8 Å². The molecule has 7 aromatic rings. The second-order valence-electron chi connectivity index (χ2n) is 10.7. The summed E-state index contributed by atoms with van der Waals surface area (Å²) in [6, 6.07) is 52.8. The molecule has 5 heteroatoms. The van der Waals surface area contributed by atoms with Gasteiger partial charge in [-0.3, -0.25) is 4.68 Å². The van der Waals surface area contributed by atoms with E-state index in [-0.39, 0.29) is 20.1 Å². The number of nitrogens with zero attached hydrogens (tertiary/aromatic N) is 4. The number of pyridine rings is 2. The molecule has 46 heavy (non-hydrogen) atoms. The van der Waals surface area contributed by atoms with Crippen LogP contribution in [0.4, 0.5) is 0 Å². The van der Waals surface area contributed by atoms with Crippen LogP contribution in [0.2, 0.25) is 0 Å². The Hall–Kier alpha value is -4.96. The van der Waals surface area contributed by atoms with Crippen LogP contribution in [-0.4, -0.2) is 19.7 Å². The fourth-order valence-corrected chi connectivity index (χ4v) is 5.04. The Morgan fingerprint density at radius 3 is 1.76 bits per heavy atom. The summed E-state index contributed by atoms with van der Waals surface area (Å²) in [5.74, 6) is 0. The second-order valence-corrected chi connectivity index (χ2v) is 10.7. The van der Waals surface area contributed by atoms with Crippen molar-refractivity contribution in [3.63, 3.8) is 0 Å². The topological polar surface area (TPSA) is 43.6 Å². The maximum absolute atomic E-state index is 4.62. The maximum Gasteiger partial charge on any atom is 3.00 e. The molecule has 0 saturated carbocycles. The Morgan fingerprint density at radius 1 is 0.522 bits per heavy atom. The fourth-order valence-electron chi connectivity index (χ4n) is 5.04. The molecule has 0 unspecified atom stereocenters. The average molecular weight is 774 g/mol. The summed E-state index contributed by atoms with van der Waals surface area (Å²) in [5.41, 5.74) is 10.3. The van der Waals surface area contributed by atoms with E-state index in [9.17, 15) is 0 Å². The summed E-state index contributed by atoms with van der Waals surface area (Å²) in [6.07, 6.45) is 11.5. The Kier molecular flexibility index (Phi) is 11.9. The van der Waals surface area contributed by atoms with Gasteiger partial charge in [0.25, 0.3) is 0 Å². The van der Waals surface area contributed by atoms with Gasteiger partial charge in [0.2, 0.25) is 0 Å². The number of aryl methyl sites for hydroxylation is 4. The van der Waals surface area contributed by atoms with E-state index >= 15 is 0 Å². The molecule has 226 valence electrons. The van der Waals surface area contributed by atoms with Gasteiger partial charge >= 0.3 is 20.1 Å². The molecule has 0 atom stereocenters. The molecule has 4 aromatic carbocycles. The monoisotopic (exact) mass is 774 g/mol. The predicted octanol–water partition coefficient (Wildman–Crippen LogP) is 8.65. The van der Waals surface area contributed by atoms with Gasteiger partial charge in [0.05, 0.1) is 0 Å². The van der Waals surface area contributed by atoms with Crippen molar-refractivity contribution in [3.8, 4) is 28.2 Å². The van der Waals surface area contributed by atoms with E-state index in [0.29, 0.717) is 0 Å². The van der Waals surface area contributed by atoms with Crippen molar-refractivity contribution in [2.45, 2.75) is 25.7 Å². The van der Waals surface area contributed by atoms with E-state index in [1.54, 1.807) is 12.4 Å². The van der Waals surface area contributed by atoms with Gasteiger partial charge in [0.1, 0.15) is 0 Å². The molecule has 0 fully saturated rings. The van der Waals surface area contributed by atoms with E-state index in [1.807, 2.05) is 89.9 Å². The second kappa shape index (κ2) is 16.9. The molecule has 0 spiro atoms.